The monoisotopic (exact) mass is 274 g/mol. The highest BCUT2D eigenvalue weighted by molar-refractivity contribution is 5.80. The molecule has 5 nitrogen and oxygen atoms in total. The lowest BCUT2D eigenvalue weighted by Crippen LogP contribution is -2.00. The molecule has 1 aliphatic rings. The van der Waals surface area contributed by atoms with Crippen LogP contribution in [-0.4, -0.2) is 18.9 Å². The van der Waals surface area contributed by atoms with Crippen molar-refractivity contribution in [2.24, 2.45) is 0 Å². The molecular formula is C15H18N2O3. The van der Waals surface area contributed by atoms with Crippen molar-refractivity contribution in [2.45, 2.75) is 25.9 Å². The summed E-state index contributed by atoms with van der Waals surface area (Å²) in [6, 6.07) is 5.95. The van der Waals surface area contributed by atoms with Crippen molar-refractivity contribution in [1.82, 2.24) is 5.16 Å². The maximum absolute atomic E-state index is 5.97. The number of aryl methyl sites for hydroxylation is 1. The Labute approximate surface area is 117 Å². The van der Waals surface area contributed by atoms with Crippen LogP contribution in [0.4, 0.5) is 5.88 Å². The Kier molecular flexibility index (Phi) is 3.36. The zero-order valence-electron chi connectivity index (χ0n) is 11.7. The van der Waals surface area contributed by atoms with Crippen LogP contribution in [0.25, 0.3) is 11.1 Å². The van der Waals surface area contributed by atoms with E-state index in [4.69, 9.17) is 19.7 Å². The van der Waals surface area contributed by atoms with Gasteiger partial charge >= 0.3 is 0 Å². The standard InChI is InChI=1S/C15H18N2O3/c1-9-5-6-11(18-2)10(8-9)13-14(17-20-15(13)16)12-4-3-7-19-12/h5-6,8,12H,3-4,7,16H2,1-2H3. The maximum atomic E-state index is 5.97. The summed E-state index contributed by atoms with van der Waals surface area (Å²) in [6.07, 6.45) is 1.92. The van der Waals surface area contributed by atoms with Crippen molar-refractivity contribution < 1.29 is 14.0 Å². The summed E-state index contributed by atoms with van der Waals surface area (Å²) < 4.78 is 16.3. The zero-order valence-corrected chi connectivity index (χ0v) is 11.7. The Morgan fingerprint density at radius 1 is 1.40 bits per heavy atom. The van der Waals surface area contributed by atoms with Crippen LogP contribution in [0.1, 0.15) is 30.2 Å². The van der Waals surface area contributed by atoms with Gasteiger partial charge < -0.3 is 19.7 Å². The van der Waals surface area contributed by atoms with Gasteiger partial charge in [0.15, 0.2) is 0 Å². The van der Waals surface area contributed by atoms with E-state index in [2.05, 4.69) is 5.16 Å². The molecule has 5 heteroatoms. The van der Waals surface area contributed by atoms with Gasteiger partial charge in [-0.1, -0.05) is 16.8 Å². The van der Waals surface area contributed by atoms with Crippen LogP contribution in [0.3, 0.4) is 0 Å². The van der Waals surface area contributed by atoms with E-state index in [0.29, 0.717) is 5.88 Å². The van der Waals surface area contributed by atoms with E-state index in [1.165, 1.54) is 0 Å². The minimum Gasteiger partial charge on any atom is -0.496 e. The van der Waals surface area contributed by atoms with E-state index in [1.807, 2.05) is 25.1 Å². The van der Waals surface area contributed by atoms with Crippen molar-refractivity contribution >= 4 is 5.88 Å². The Hall–Kier alpha value is -2.01. The van der Waals surface area contributed by atoms with Gasteiger partial charge in [0.25, 0.3) is 0 Å². The highest BCUT2D eigenvalue weighted by Gasteiger charge is 2.28. The molecule has 0 radical (unpaired) electrons. The molecule has 2 heterocycles. The van der Waals surface area contributed by atoms with Crippen molar-refractivity contribution in [3.05, 3.63) is 29.5 Å². The highest BCUT2D eigenvalue weighted by atomic mass is 16.5. The first-order valence-electron chi connectivity index (χ1n) is 6.72. The number of nitrogens with two attached hydrogens (primary N) is 1. The second kappa shape index (κ2) is 5.17. The van der Waals surface area contributed by atoms with Crippen LogP contribution in [0, 0.1) is 6.92 Å². The molecule has 106 valence electrons. The third-order valence-corrected chi connectivity index (χ3v) is 3.60. The number of ether oxygens (including phenoxy) is 2. The summed E-state index contributed by atoms with van der Waals surface area (Å²) in [5.41, 5.74) is 9.56. The number of anilines is 1. The van der Waals surface area contributed by atoms with E-state index >= 15 is 0 Å². The number of methoxy groups -OCH3 is 1. The van der Waals surface area contributed by atoms with Gasteiger partial charge in [-0.2, -0.15) is 0 Å². The van der Waals surface area contributed by atoms with E-state index in [0.717, 1.165) is 47.6 Å². The molecule has 1 saturated heterocycles. The number of nitrogens with zero attached hydrogens (tertiary/aromatic N) is 1. The largest absolute Gasteiger partial charge is 0.496 e. The van der Waals surface area contributed by atoms with Crippen LogP contribution in [0.2, 0.25) is 0 Å². The third kappa shape index (κ3) is 2.14. The lowest BCUT2D eigenvalue weighted by Gasteiger charge is -2.12. The molecule has 0 amide bonds. The van der Waals surface area contributed by atoms with E-state index < -0.39 is 0 Å². The first-order valence-corrected chi connectivity index (χ1v) is 6.72. The molecule has 0 spiro atoms. The van der Waals surface area contributed by atoms with Gasteiger partial charge in [0.1, 0.15) is 17.5 Å². The summed E-state index contributed by atoms with van der Waals surface area (Å²) >= 11 is 0. The lowest BCUT2D eigenvalue weighted by molar-refractivity contribution is 0.106. The minimum absolute atomic E-state index is 0.0451. The molecule has 2 N–H and O–H groups in total. The fourth-order valence-corrected chi connectivity index (χ4v) is 2.62. The molecule has 3 rings (SSSR count). The molecule has 0 bridgehead atoms. The van der Waals surface area contributed by atoms with Crippen molar-refractivity contribution in [3.8, 4) is 16.9 Å². The lowest BCUT2D eigenvalue weighted by atomic mass is 9.99. The molecule has 1 aromatic heterocycles. The predicted molar refractivity (Wildman–Crippen MR) is 75.6 cm³/mol. The fourth-order valence-electron chi connectivity index (χ4n) is 2.62. The number of benzene rings is 1. The Balaban J connectivity index is 2.14. The van der Waals surface area contributed by atoms with Gasteiger partial charge in [0, 0.05) is 12.2 Å². The number of hydrogen-bond acceptors (Lipinski definition) is 5. The second-order valence-corrected chi connectivity index (χ2v) is 5.01. The Bertz CT molecular complexity index is 616. The van der Waals surface area contributed by atoms with Gasteiger partial charge in [0.2, 0.25) is 5.88 Å². The van der Waals surface area contributed by atoms with Crippen LogP contribution in [0.5, 0.6) is 5.75 Å². The fraction of sp³-hybridized carbons (Fsp3) is 0.400. The van der Waals surface area contributed by atoms with Crippen molar-refractivity contribution in [3.63, 3.8) is 0 Å². The topological polar surface area (TPSA) is 70.5 Å². The van der Waals surface area contributed by atoms with E-state index in [1.54, 1.807) is 7.11 Å². The Morgan fingerprint density at radius 2 is 2.25 bits per heavy atom. The summed E-state index contributed by atoms with van der Waals surface area (Å²) in [4.78, 5) is 0. The molecule has 1 aliphatic heterocycles. The third-order valence-electron chi connectivity index (χ3n) is 3.60. The quantitative estimate of drug-likeness (QED) is 0.931. The SMILES string of the molecule is COc1ccc(C)cc1-c1c(C2CCCO2)noc1N. The van der Waals surface area contributed by atoms with Crippen molar-refractivity contribution in [2.75, 3.05) is 19.5 Å². The highest BCUT2D eigenvalue weighted by Crippen LogP contribution is 2.42. The summed E-state index contributed by atoms with van der Waals surface area (Å²) in [5, 5.41) is 4.10. The molecule has 0 aliphatic carbocycles. The first-order chi connectivity index (χ1) is 9.70. The molecule has 1 atom stereocenters. The molecule has 2 aromatic rings. The average molecular weight is 274 g/mol. The van der Waals surface area contributed by atoms with Crippen molar-refractivity contribution in [1.29, 1.82) is 0 Å². The number of rotatable bonds is 3. The average Bonchev–Trinajstić information content (AvgIpc) is 3.07. The minimum atomic E-state index is -0.0451. The van der Waals surface area contributed by atoms with Gasteiger partial charge in [-0.25, -0.2) is 0 Å². The Morgan fingerprint density at radius 3 is 2.95 bits per heavy atom. The zero-order chi connectivity index (χ0) is 14.1. The second-order valence-electron chi connectivity index (χ2n) is 5.01. The molecule has 1 fully saturated rings. The van der Waals surface area contributed by atoms with E-state index in [9.17, 15) is 0 Å². The predicted octanol–water partition coefficient (Wildman–Crippen LogP) is 3.09. The summed E-state index contributed by atoms with van der Waals surface area (Å²) in [6.45, 7) is 2.78. The normalized spacial score (nSPS) is 18.4. The van der Waals surface area contributed by atoms with Crippen LogP contribution in [-0.2, 0) is 4.74 Å². The number of hydrogen-bond donors (Lipinski definition) is 1. The first kappa shape index (κ1) is 13.0. The summed E-state index contributed by atoms with van der Waals surface area (Å²) in [7, 11) is 1.64. The molecule has 0 saturated carbocycles. The van der Waals surface area contributed by atoms with E-state index in [-0.39, 0.29) is 6.10 Å². The van der Waals surface area contributed by atoms with Gasteiger partial charge in [-0.05, 0) is 31.9 Å². The summed E-state index contributed by atoms with van der Waals surface area (Å²) in [5.74, 6) is 1.06. The van der Waals surface area contributed by atoms with Gasteiger partial charge in [-0.15, -0.1) is 0 Å². The molecular weight excluding hydrogens is 256 g/mol. The van der Waals surface area contributed by atoms with Crippen LogP contribution < -0.4 is 10.5 Å². The van der Waals surface area contributed by atoms with Gasteiger partial charge in [0.05, 0.1) is 12.7 Å². The smallest absolute Gasteiger partial charge is 0.230 e. The number of nitrogen functional groups attached to an aromatic ring is 1. The van der Waals surface area contributed by atoms with Crippen LogP contribution >= 0.6 is 0 Å². The molecule has 1 aromatic carbocycles. The van der Waals surface area contributed by atoms with Crippen LogP contribution in [0.15, 0.2) is 22.7 Å². The maximum Gasteiger partial charge on any atom is 0.230 e. The van der Waals surface area contributed by atoms with Gasteiger partial charge in [-0.3, -0.25) is 0 Å². The molecule has 1 unspecified atom stereocenters. The number of aromatic nitrogens is 1. The molecule has 20 heavy (non-hydrogen) atoms.